The Kier molecular flexibility index (Phi) is 5.84. The fourth-order valence-electron chi connectivity index (χ4n) is 1.84. The Morgan fingerprint density at radius 2 is 1.74 bits per heavy atom. The third-order valence-corrected chi connectivity index (χ3v) is 3.58. The number of methoxy groups -OCH3 is 1. The van der Waals surface area contributed by atoms with Gasteiger partial charge in [-0.15, -0.1) is 0 Å². The third-order valence-electron chi connectivity index (χ3n) is 3.01. The van der Waals surface area contributed by atoms with Crippen LogP contribution in [0.2, 0.25) is 10.0 Å². The van der Waals surface area contributed by atoms with E-state index in [9.17, 15) is 9.59 Å². The van der Waals surface area contributed by atoms with E-state index in [-0.39, 0.29) is 22.9 Å². The first kappa shape index (κ1) is 17.1. The topological polar surface area (TPSA) is 67.4 Å². The van der Waals surface area contributed by atoms with Gasteiger partial charge in [0.15, 0.2) is 0 Å². The van der Waals surface area contributed by atoms with Crippen molar-refractivity contribution < 1.29 is 14.3 Å². The maximum absolute atomic E-state index is 12.0. The Morgan fingerprint density at radius 3 is 2.39 bits per heavy atom. The van der Waals surface area contributed by atoms with E-state index in [2.05, 4.69) is 10.9 Å². The first-order valence-electron chi connectivity index (χ1n) is 6.67. The molecule has 120 valence electrons. The monoisotopic (exact) mass is 352 g/mol. The van der Waals surface area contributed by atoms with E-state index in [1.165, 1.54) is 12.1 Å². The lowest BCUT2D eigenvalue weighted by molar-refractivity contribution is -0.121. The van der Waals surface area contributed by atoms with Crippen LogP contribution in [-0.2, 0) is 11.2 Å². The first-order valence-corrected chi connectivity index (χ1v) is 7.42. The molecule has 5 nitrogen and oxygen atoms in total. The quantitative estimate of drug-likeness (QED) is 0.831. The molecular formula is C16H14Cl2N2O3. The number of amides is 2. The highest BCUT2D eigenvalue weighted by molar-refractivity contribution is 6.35. The second-order valence-electron chi connectivity index (χ2n) is 4.65. The summed E-state index contributed by atoms with van der Waals surface area (Å²) in [5.74, 6) is -0.194. The van der Waals surface area contributed by atoms with E-state index < -0.39 is 5.91 Å². The lowest BCUT2D eigenvalue weighted by Crippen LogP contribution is -2.42. The zero-order valence-corrected chi connectivity index (χ0v) is 13.7. The summed E-state index contributed by atoms with van der Waals surface area (Å²) in [5, 5.41) is 0.625. The Hall–Kier alpha value is -2.24. The Morgan fingerprint density at radius 1 is 1.04 bits per heavy atom. The summed E-state index contributed by atoms with van der Waals surface area (Å²) in [7, 11) is 1.57. The number of nitrogens with one attached hydrogen (secondary N) is 2. The van der Waals surface area contributed by atoms with Crippen molar-refractivity contribution in [3.8, 4) is 5.75 Å². The van der Waals surface area contributed by atoms with Gasteiger partial charge in [0, 0.05) is 5.02 Å². The number of hydrogen-bond donors (Lipinski definition) is 2. The fraction of sp³-hybridized carbons (Fsp3) is 0.125. The summed E-state index contributed by atoms with van der Waals surface area (Å²) < 4.78 is 5.04. The van der Waals surface area contributed by atoms with E-state index in [1.807, 2.05) is 0 Å². The van der Waals surface area contributed by atoms with Crippen LogP contribution in [0.5, 0.6) is 5.75 Å². The van der Waals surface area contributed by atoms with Crippen LogP contribution in [0.3, 0.4) is 0 Å². The molecular weight excluding hydrogens is 339 g/mol. The van der Waals surface area contributed by atoms with Crippen LogP contribution in [0.15, 0.2) is 42.5 Å². The highest BCUT2D eigenvalue weighted by Crippen LogP contribution is 2.20. The minimum Gasteiger partial charge on any atom is -0.497 e. The largest absolute Gasteiger partial charge is 0.497 e. The molecule has 0 aliphatic heterocycles. The third kappa shape index (κ3) is 4.87. The average Bonchev–Trinajstić information content (AvgIpc) is 2.55. The molecule has 2 aromatic carbocycles. The lowest BCUT2D eigenvalue weighted by Gasteiger charge is -2.09. The molecule has 0 aliphatic rings. The molecule has 0 spiro atoms. The molecule has 2 N–H and O–H groups in total. The molecule has 0 atom stereocenters. The molecule has 2 aromatic rings. The van der Waals surface area contributed by atoms with Crippen molar-refractivity contribution in [2.24, 2.45) is 0 Å². The van der Waals surface area contributed by atoms with Gasteiger partial charge in [0.2, 0.25) is 5.91 Å². The summed E-state index contributed by atoms with van der Waals surface area (Å²) in [6.07, 6.45) is 0.119. The summed E-state index contributed by atoms with van der Waals surface area (Å²) in [4.78, 5) is 23.8. The van der Waals surface area contributed by atoms with Crippen LogP contribution >= 0.6 is 23.2 Å². The minimum absolute atomic E-state index is 0.119. The standard InChI is InChI=1S/C16H14Cl2N2O3/c1-23-12-5-2-10(3-6-12)8-15(21)19-20-16(22)13-9-11(17)4-7-14(13)18/h2-7,9H,8H2,1H3,(H,19,21)(H,20,22). The molecule has 0 fully saturated rings. The number of carbonyl (C=O) groups excluding carboxylic acids is 2. The van der Waals surface area contributed by atoms with Crippen molar-refractivity contribution in [1.29, 1.82) is 0 Å². The van der Waals surface area contributed by atoms with E-state index in [4.69, 9.17) is 27.9 Å². The Bertz CT molecular complexity index is 718. The van der Waals surface area contributed by atoms with Crippen molar-refractivity contribution in [1.82, 2.24) is 10.9 Å². The van der Waals surface area contributed by atoms with Crippen molar-refractivity contribution in [2.75, 3.05) is 7.11 Å². The minimum atomic E-state index is -0.541. The van der Waals surface area contributed by atoms with Crippen molar-refractivity contribution >= 4 is 35.0 Å². The SMILES string of the molecule is COc1ccc(CC(=O)NNC(=O)c2cc(Cl)ccc2Cl)cc1. The second-order valence-corrected chi connectivity index (χ2v) is 5.49. The van der Waals surface area contributed by atoms with Crippen LogP contribution in [0.4, 0.5) is 0 Å². The molecule has 0 heterocycles. The smallest absolute Gasteiger partial charge is 0.271 e. The van der Waals surface area contributed by atoms with Gasteiger partial charge in [-0.05, 0) is 35.9 Å². The number of hydrazine groups is 1. The molecule has 0 unspecified atom stereocenters. The number of carbonyl (C=O) groups is 2. The van der Waals surface area contributed by atoms with E-state index in [0.717, 1.165) is 5.56 Å². The molecule has 0 bridgehead atoms. The maximum Gasteiger partial charge on any atom is 0.271 e. The van der Waals surface area contributed by atoms with E-state index in [0.29, 0.717) is 10.8 Å². The summed E-state index contributed by atoms with van der Waals surface area (Å²) in [6.45, 7) is 0. The van der Waals surface area contributed by atoms with Gasteiger partial charge in [-0.1, -0.05) is 35.3 Å². The van der Waals surface area contributed by atoms with Crippen molar-refractivity contribution in [3.63, 3.8) is 0 Å². The van der Waals surface area contributed by atoms with Crippen molar-refractivity contribution in [2.45, 2.75) is 6.42 Å². The predicted octanol–water partition coefficient (Wildman–Crippen LogP) is 3.01. The summed E-state index contributed by atoms with van der Waals surface area (Å²) in [6, 6.07) is 11.6. The fourth-order valence-corrected chi connectivity index (χ4v) is 2.21. The number of hydrogen-bond acceptors (Lipinski definition) is 3. The van der Waals surface area contributed by atoms with E-state index >= 15 is 0 Å². The zero-order chi connectivity index (χ0) is 16.8. The molecule has 2 amide bonds. The summed E-state index contributed by atoms with van der Waals surface area (Å²) in [5.41, 5.74) is 5.61. The molecule has 0 aliphatic carbocycles. The van der Waals surface area contributed by atoms with Gasteiger partial charge in [-0.25, -0.2) is 0 Å². The van der Waals surface area contributed by atoms with Gasteiger partial charge >= 0.3 is 0 Å². The molecule has 0 aromatic heterocycles. The van der Waals surface area contributed by atoms with Gasteiger partial charge < -0.3 is 4.74 Å². The molecule has 2 rings (SSSR count). The zero-order valence-electron chi connectivity index (χ0n) is 12.2. The normalized spacial score (nSPS) is 10.0. The van der Waals surface area contributed by atoms with Gasteiger partial charge in [0.1, 0.15) is 5.75 Å². The van der Waals surface area contributed by atoms with Crippen LogP contribution in [0, 0.1) is 0 Å². The highest BCUT2D eigenvalue weighted by Gasteiger charge is 2.12. The second kappa shape index (κ2) is 7.85. The molecule has 0 saturated carbocycles. The Balaban J connectivity index is 1.90. The summed E-state index contributed by atoms with van der Waals surface area (Å²) >= 11 is 11.7. The molecule has 0 saturated heterocycles. The Labute approximate surface area is 143 Å². The average molecular weight is 353 g/mol. The molecule has 7 heteroatoms. The van der Waals surface area contributed by atoms with Gasteiger partial charge in [-0.3, -0.25) is 20.4 Å². The van der Waals surface area contributed by atoms with Crippen LogP contribution in [-0.4, -0.2) is 18.9 Å². The first-order chi connectivity index (χ1) is 11.0. The van der Waals surface area contributed by atoms with Gasteiger partial charge in [0.05, 0.1) is 24.1 Å². The van der Waals surface area contributed by atoms with Gasteiger partial charge in [0.25, 0.3) is 5.91 Å². The number of benzene rings is 2. The maximum atomic E-state index is 12.0. The van der Waals surface area contributed by atoms with Crippen LogP contribution in [0.1, 0.15) is 15.9 Å². The molecule has 0 radical (unpaired) electrons. The number of rotatable bonds is 4. The highest BCUT2D eigenvalue weighted by atomic mass is 35.5. The van der Waals surface area contributed by atoms with Crippen LogP contribution in [0.25, 0.3) is 0 Å². The van der Waals surface area contributed by atoms with Crippen molar-refractivity contribution in [3.05, 3.63) is 63.6 Å². The van der Waals surface area contributed by atoms with E-state index in [1.54, 1.807) is 37.4 Å². The van der Waals surface area contributed by atoms with Crippen LogP contribution < -0.4 is 15.6 Å². The van der Waals surface area contributed by atoms with Gasteiger partial charge in [-0.2, -0.15) is 0 Å². The molecule has 23 heavy (non-hydrogen) atoms. The lowest BCUT2D eigenvalue weighted by atomic mass is 10.1. The number of ether oxygens (including phenoxy) is 1. The number of halogens is 2. The predicted molar refractivity (Wildman–Crippen MR) is 88.8 cm³/mol.